The van der Waals surface area contributed by atoms with E-state index in [-0.39, 0.29) is 11.4 Å². The molecule has 1 unspecified atom stereocenters. The first-order valence-corrected chi connectivity index (χ1v) is 8.81. The molecule has 0 aromatic heterocycles. The van der Waals surface area contributed by atoms with Crippen LogP contribution in [0.1, 0.15) is 45.6 Å². The van der Waals surface area contributed by atoms with Crippen LogP contribution in [0.3, 0.4) is 0 Å². The third kappa shape index (κ3) is 9.30. The van der Waals surface area contributed by atoms with Gasteiger partial charge in [-0.3, -0.25) is 0 Å². The Morgan fingerprint density at radius 2 is 1.88 bits per heavy atom. The zero-order chi connectivity index (χ0) is 18.7. The van der Waals surface area contributed by atoms with Gasteiger partial charge in [0.1, 0.15) is 5.75 Å². The van der Waals surface area contributed by atoms with Crippen molar-refractivity contribution in [1.29, 1.82) is 0 Å². The Kier molecular flexibility index (Phi) is 9.28. The van der Waals surface area contributed by atoms with Gasteiger partial charge in [-0.15, -0.1) is 0 Å². The fraction of sp³-hybridized carbons (Fsp3) is 0.571. The van der Waals surface area contributed by atoms with Crippen LogP contribution in [0.25, 0.3) is 0 Å². The quantitative estimate of drug-likeness (QED) is 0.427. The van der Waals surface area contributed by atoms with Crippen molar-refractivity contribution in [1.82, 2.24) is 0 Å². The highest BCUT2D eigenvalue weighted by molar-refractivity contribution is 5.81. The molecule has 0 aliphatic carbocycles. The Morgan fingerprint density at radius 3 is 2.48 bits per heavy atom. The van der Waals surface area contributed by atoms with Crippen LogP contribution < -0.4 is 4.74 Å². The summed E-state index contributed by atoms with van der Waals surface area (Å²) in [4.78, 5) is 11.1. The number of esters is 1. The predicted molar refractivity (Wildman–Crippen MR) is 101 cm³/mol. The number of methoxy groups -OCH3 is 2. The number of benzene rings is 1. The van der Waals surface area contributed by atoms with Crippen molar-refractivity contribution < 1.29 is 19.0 Å². The Labute approximate surface area is 152 Å². The van der Waals surface area contributed by atoms with Gasteiger partial charge in [0.05, 0.1) is 20.8 Å². The molecule has 0 aliphatic rings. The molecule has 0 saturated carbocycles. The van der Waals surface area contributed by atoms with E-state index in [4.69, 9.17) is 9.47 Å². The maximum absolute atomic E-state index is 11.1. The highest BCUT2D eigenvalue weighted by Crippen LogP contribution is 2.31. The maximum Gasteiger partial charge on any atom is 0.330 e. The summed E-state index contributed by atoms with van der Waals surface area (Å²) in [6, 6.07) is 7.96. The van der Waals surface area contributed by atoms with Gasteiger partial charge in [-0.05, 0) is 48.3 Å². The summed E-state index contributed by atoms with van der Waals surface area (Å²) in [5, 5.41) is 0. The van der Waals surface area contributed by atoms with Crippen LogP contribution >= 0.6 is 0 Å². The van der Waals surface area contributed by atoms with Gasteiger partial charge in [0, 0.05) is 12.7 Å². The topological polar surface area (TPSA) is 44.8 Å². The van der Waals surface area contributed by atoms with Gasteiger partial charge in [0.25, 0.3) is 0 Å². The van der Waals surface area contributed by atoms with E-state index in [0.717, 1.165) is 37.2 Å². The lowest BCUT2D eigenvalue weighted by Gasteiger charge is -2.27. The van der Waals surface area contributed by atoms with Crippen LogP contribution in [0.2, 0.25) is 0 Å². The monoisotopic (exact) mass is 348 g/mol. The van der Waals surface area contributed by atoms with Gasteiger partial charge in [-0.1, -0.05) is 39.0 Å². The number of hydrogen-bond donors (Lipinski definition) is 0. The Morgan fingerprint density at radius 1 is 1.20 bits per heavy atom. The molecule has 140 valence electrons. The molecule has 25 heavy (non-hydrogen) atoms. The van der Waals surface area contributed by atoms with Crippen molar-refractivity contribution in [2.75, 3.05) is 20.8 Å². The Hall–Kier alpha value is -1.81. The summed E-state index contributed by atoms with van der Waals surface area (Å²) in [7, 11) is 3.06. The highest BCUT2D eigenvalue weighted by Gasteiger charge is 2.20. The van der Waals surface area contributed by atoms with Gasteiger partial charge in [-0.25, -0.2) is 4.79 Å². The second kappa shape index (κ2) is 10.9. The minimum atomic E-state index is -0.293. The van der Waals surface area contributed by atoms with E-state index in [1.54, 1.807) is 7.11 Å². The molecule has 1 aromatic rings. The molecule has 0 spiro atoms. The zero-order valence-electron chi connectivity index (χ0n) is 16.2. The lowest BCUT2D eigenvalue weighted by Crippen LogP contribution is -2.18. The summed E-state index contributed by atoms with van der Waals surface area (Å²) in [5.74, 6) is 1.05. The van der Waals surface area contributed by atoms with E-state index in [2.05, 4.69) is 25.5 Å². The lowest BCUT2D eigenvalue weighted by molar-refractivity contribution is -0.134. The number of rotatable bonds is 11. The van der Waals surface area contributed by atoms with Crippen molar-refractivity contribution in [3.63, 3.8) is 0 Å². The average molecular weight is 348 g/mol. The molecule has 1 atom stereocenters. The number of carbonyl (C=O) groups is 1. The molecule has 1 aromatic carbocycles. The predicted octanol–water partition coefficient (Wildman–Crippen LogP) is 4.77. The first kappa shape index (κ1) is 21.2. The molecule has 0 N–H and O–H groups in total. The Bertz CT molecular complexity index is 531. The molecule has 0 radical (unpaired) electrons. The van der Waals surface area contributed by atoms with Crippen LogP contribution in [-0.4, -0.2) is 26.8 Å². The molecule has 0 aliphatic heterocycles. The fourth-order valence-corrected chi connectivity index (χ4v) is 2.93. The van der Waals surface area contributed by atoms with Crippen molar-refractivity contribution in [2.45, 2.75) is 46.6 Å². The van der Waals surface area contributed by atoms with E-state index in [1.165, 1.54) is 13.2 Å². The van der Waals surface area contributed by atoms with Gasteiger partial charge in [0.2, 0.25) is 0 Å². The molecule has 0 heterocycles. The lowest BCUT2D eigenvalue weighted by atomic mass is 9.80. The summed E-state index contributed by atoms with van der Waals surface area (Å²) < 4.78 is 15.6. The number of carbonyl (C=O) groups excluding carboxylic acids is 1. The van der Waals surface area contributed by atoms with Crippen LogP contribution in [0.4, 0.5) is 0 Å². The van der Waals surface area contributed by atoms with E-state index in [1.807, 2.05) is 30.3 Å². The Balaban J connectivity index is 2.27. The second-order valence-electron chi connectivity index (χ2n) is 7.30. The van der Waals surface area contributed by atoms with Crippen molar-refractivity contribution in [3.8, 4) is 5.75 Å². The summed E-state index contributed by atoms with van der Waals surface area (Å²) in [6.07, 6.45) is 6.38. The van der Waals surface area contributed by atoms with Crippen molar-refractivity contribution >= 4 is 5.97 Å². The van der Waals surface area contributed by atoms with Gasteiger partial charge >= 0.3 is 5.97 Å². The summed E-state index contributed by atoms with van der Waals surface area (Å²) >= 11 is 0. The molecule has 0 saturated heterocycles. The van der Waals surface area contributed by atoms with Gasteiger partial charge < -0.3 is 14.2 Å². The molecule has 0 fully saturated rings. The number of allylic oxidation sites excluding steroid dienone is 1. The van der Waals surface area contributed by atoms with E-state index in [0.29, 0.717) is 12.5 Å². The van der Waals surface area contributed by atoms with Gasteiger partial charge in [-0.2, -0.15) is 0 Å². The van der Waals surface area contributed by atoms with E-state index in [9.17, 15) is 4.79 Å². The molecule has 4 heteroatoms. The molecular formula is C21H32O4. The third-order valence-corrected chi connectivity index (χ3v) is 4.17. The maximum atomic E-state index is 11.1. The largest absolute Gasteiger partial charge is 0.497 e. The van der Waals surface area contributed by atoms with E-state index >= 15 is 0 Å². The smallest absolute Gasteiger partial charge is 0.330 e. The molecule has 0 bridgehead atoms. The average Bonchev–Trinajstić information content (AvgIpc) is 2.58. The van der Waals surface area contributed by atoms with Crippen LogP contribution in [0, 0.1) is 11.3 Å². The van der Waals surface area contributed by atoms with Gasteiger partial charge in [0.15, 0.2) is 0 Å². The first-order chi connectivity index (χ1) is 11.9. The third-order valence-electron chi connectivity index (χ3n) is 4.17. The molecule has 1 rings (SSSR count). The first-order valence-electron chi connectivity index (χ1n) is 8.81. The minimum absolute atomic E-state index is 0.212. The van der Waals surface area contributed by atoms with Crippen LogP contribution in [0.15, 0.2) is 36.4 Å². The highest BCUT2D eigenvalue weighted by atomic mass is 16.5. The fourth-order valence-electron chi connectivity index (χ4n) is 2.93. The summed E-state index contributed by atoms with van der Waals surface area (Å²) in [6.45, 7) is 8.11. The van der Waals surface area contributed by atoms with Crippen molar-refractivity contribution in [3.05, 3.63) is 42.0 Å². The zero-order valence-corrected chi connectivity index (χ0v) is 16.2. The van der Waals surface area contributed by atoms with E-state index < -0.39 is 0 Å². The number of hydrogen-bond acceptors (Lipinski definition) is 4. The molecule has 4 nitrogen and oxygen atoms in total. The normalized spacial score (nSPS) is 13.0. The molecule has 0 amide bonds. The van der Waals surface area contributed by atoms with Crippen LogP contribution in [-0.2, 0) is 20.9 Å². The standard InChI is InChI=1S/C21H32O4/c1-17(14-21(2,3)13-7-6-8-20(22)24-5)15-25-16-18-9-11-19(23-4)12-10-18/h6,8-12,17H,7,13-16H2,1-5H3/b8-6+. The summed E-state index contributed by atoms with van der Waals surface area (Å²) in [5.41, 5.74) is 1.36. The van der Waals surface area contributed by atoms with Crippen LogP contribution in [0.5, 0.6) is 5.75 Å². The number of ether oxygens (including phenoxy) is 3. The minimum Gasteiger partial charge on any atom is -0.497 e. The molecular weight excluding hydrogens is 316 g/mol. The van der Waals surface area contributed by atoms with Crippen molar-refractivity contribution in [2.24, 2.45) is 11.3 Å². The SMILES string of the molecule is COC(=O)/C=C/CCC(C)(C)CC(C)COCc1ccc(OC)cc1. The second-order valence-corrected chi connectivity index (χ2v) is 7.30.